The molecule has 0 aliphatic carbocycles. The van der Waals surface area contributed by atoms with Crippen LogP contribution in [0.2, 0.25) is 0 Å². The van der Waals surface area contributed by atoms with Crippen molar-refractivity contribution < 1.29 is 0 Å². The average molecular weight is 377 g/mol. The Morgan fingerprint density at radius 3 is 2.92 bits per heavy atom. The van der Waals surface area contributed by atoms with Crippen molar-refractivity contribution in [2.75, 3.05) is 13.1 Å². The zero-order valence-electron chi connectivity index (χ0n) is 15.2. The van der Waals surface area contributed by atoms with E-state index in [-0.39, 0.29) is 18.1 Å². The van der Waals surface area contributed by atoms with Crippen LogP contribution in [0.5, 0.6) is 0 Å². The third-order valence-corrected chi connectivity index (χ3v) is 4.97. The first-order valence-corrected chi connectivity index (χ1v) is 8.99. The Morgan fingerprint density at radius 1 is 1.38 bits per heavy atom. The third-order valence-electron chi connectivity index (χ3n) is 4.97. The van der Waals surface area contributed by atoms with Gasteiger partial charge in [0, 0.05) is 31.4 Å². The number of pyridine rings is 1. The van der Waals surface area contributed by atoms with E-state index in [2.05, 4.69) is 15.4 Å². The maximum absolute atomic E-state index is 12.8. The van der Waals surface area contributed by atoms with Gasteiger partial charge in [-0.05, 0) is 44.9 Å². The first-order chi connectivity index (χ1) is 12.2. The van der Waals surface area contributed by atoms with Crippen molar-refractivity contribution in [1.82, 2.24) is 29.0 Å². The predicted octanol–water partition coefficient (Wildman–Crippen LogP) is 1.96. The number of fused-ring (bicyclic) bond motifs is 1. The number of aryl methyl sites for hydroxylation is 1. The number of halogens is 1. The van der Waals surface area contributed by atoms with Crippen LogP contribution < -0.4 is 11.0 Å². The van der Waals surface area contributed by atoms with E-state index < -0.39 is 0 Å². The molecule has 26 heavy (non-hydrogen) atoms. The van der Waals surface area contributed by atoms with Crippen molar-refractivity contribution in [3.63, 3.8) is 0 Å². The molecule has 1 aliphatic rings. The molecule has 3 aromatic rings. The second-order valence-corrected chi connectivity index (χ2v) is 6.74. The fourth-order valence-corrected chi connectivity index (χ4v) is 3.67. The summed E-state index contributed by atoms with van der Waals surface area (Å²) in [7, 11) is 0. The SMILES string of the molecule is CCn1c(C2CCCNC2)nn(Cc2cn3cccc(C)c3n2)c1=O.Cl. The van der Waals surface area contributed by atoms with Gasteiger partial charge >= 0.3 is 5.69 Å². The zero-order chi connectivity index (χ0) is 17.4. The second kappa shape index (κ2) is 7.63. The van der Waals surface area contributed by atoms with Gasteiger partial charge in [-0.25, -0.2) is 14.5 Å². The lowest BCUT2D eigenvalue weighted by molar-refractivity contribution is 0.431. The van der Waals surface area contributed by atoms with Gasteiger partial charge < -0.3 is 9.72 Å². The Kier molecular flexibility index (Phi) is 5.48. The van der Waals surface area contributed by atoms with Gasteiger partial charge in [-0.2, -0.15) is 5.10 Å². The number of aromatic nitrogens is 5. The van der Waals surface area contributed by atoms with Crippen LogP contribution >= 0.6 is 12.4 Å². The Bertz CT molecular complexity index is 950. The molecule has 4 heterocycles. The summed E-state index contributed by atoms with van der Waals surface area (Å²) in [5.41, 5.74) is 2.86. The summed E-state index contributed by atoms with van der Waals surface area (Å²) in [5, 5.41) is 8.08. The van der Waals surface area contributed by atoms with E-state index in [1.54, 1.807) is 9.25 Å². The standard InChI is InChI=1S/C18H24N6O.ClH/c1-3-23-17(14-7-4-8-19-10-14)21-24(18(23)25)12-15-11-22-9-5-6-13(2)16(22)20-15;/h5-6,9,11,14,19H,3-4,7-8,10,12H2,1-2H3;1H. The summed E-state index contributed by atoms with van der Waals surface area (Å²) in [5.74, 6) is 1.21. The summed E-state index contributed by atoms with van der Waals surface area (Å²) >= 11 is 0. The lowest BCUT2D eigenvalue weighted by atomic mass is 9.99. The molecule has 4 rings (SSSR count). The molecular weight excluding hydrogens is 352 g/mol. The third kappa shape index (κ3) is 3.29. The topological polar surface area (TPSA) is 69.2 Å². The Morgan fingerprint density at radius 2 is 2.23 bits per heavy atom. The van der Waals surface area contributed by atoms with Crippen LogP contribution in [0.4, 0.5) is 0 Å². The first kappa shape index (κ1) is 18.7. The highest BCUT2D eigenvalue weighted by Gasteiger charge is 2.23. The fraction of sp³-hybridized carbons (Fsp3) is 0.500. The Labute approximate surface area is 158 Å². The number of piperidine rings is 1. The van der Waals surface area contributed by atoms with Crippen molar-refractivity contribution in [1.29, 1.82) is 0 Å². The minimum Gasteiger partial charge on any atom is -0.316 e. The van der Waals surface area contributed by atoms with Crippen LogP contribution in [0.1, 0.15) is 42.8 Å². The molecular formula is C18H25ClN6O. The van der Waals surface area contributed by atoms with Crippen molar-refractivity contribution in [3.8, 4) is 0 Å². The van der Waals surface area contributed by atoms with Crippen LogP contribution in [0.15, 0.2) is 29.3 Å². The molecule has 8 heteroatoms. The highest BCUT2D eigenvalue weighted by Crippen LogP contribution is 2.20. The minimum atomic E-state index is -0.0446. The second-order valence-electron chi connectivity index (χ2n) is 6.74. The zero-order valence-corrected chi connectivity index (χ0v) is 16.0. The van der Waals surface area contributed by atoms with Gasteiger partial charge in [0.15, 0.2) is 0 Å². The summed E-state index contributed by atoms with van der Waals surface area (Å²) in [6.07, 6.45) is 6.16. The molecule has 7 nitrogen and oxygen atoms in total. The molecule has 0 radical (unpaired) electrons. The molecule has 0 amide bonds. The molecule has 1 fully saturated rings. The van der Waals surface area contributed by atoms with Gasteiger partial charge in [0.05, 0.1) is 12.2 Å². The molecule has 3 aromatic heterocycles. The maximum Gasteiger partial charge on any atom is 0.346 e. The quantitative estimate of drug-likeness (QED) is 0.755. The molecule has 0 saturated carbocycles. The van der Waals surface area contributed by atoms with Crippen molar-refractivity contribution in [2.45, 2.75) is 45.7 Å². The van der Waals surface area contributed by atoms with E-state index in [4.69, 9.17) is 0 Å². The summed E-state index contributed by atoms with van der Waals surface area (Å²) in [4.78, 5) is 17.4. The van der Waals surface area contributed by atoms with Gasteiger partial charge in [0.2, 0.25) is 0 Å². The molecule has 1 unspecified atom stereocenters. The van der Waals surface area contributed by atoms with E-state index in [0.717, 1.165) is 48.7 Å². The van der Waals surface area contributed by atoms with E-state index in [1.807, 2.05) is 42.8 Å². The minimum absolute atomic E-state index is 0. The molecule has 1 N–H and O–H groups in total. The van der Waals surface area contributed by atoms with Gasteiger partial charge in [0.1, 0.15) is 11.5 Å². The maximum atomic E-state index is 12.8. The monoisotopic (exact) mass is 376 g/mol. The molecule has 140 valence electrons. The normalized spacial score (nSPS) is 17.4. The van der Waals surface area contributed by atoms with Crippen molar-refractivity contribution >= 4 is 18.1 Å². The van der Waals surface area contributed by atoms with E-state index in [0.29, 0.717) is 19.0 Å². The van der Waals surface area contributed by atoms with Crippen LogP contribution in [0, 0.1) is 6.92 Å². The molecule has 0 bridgehead atoms. The predicted molar refractivity (Wildman–Crippen MR) is 103 cm³/mol. The van der Waals surface area contributed by atoms with Gasteiger partial charge in [-0.3, -0.25) is 4.57 Å². The Balaban J connectivity index is 0.00000196. The fourth-order valence-electron chi connectivity index (χ4n) is 3.67. The molecule has 1 atom stereocenters. The number of nitrogens with zero attached hydrogens (tertiary/aromatic N) is 5. The lowest BCUT2D eigenvalue weighted by Gasteiger charge is -2.21. The summed E-state index contributed by atoms with van der Waals surface area (Å²) in [6.45, 7) is 7.03. The first-order valence-electron chi connectivity index (χ1n) is 8.99. The lowest BCUT2D eigenvalue weighted by Crippen LogP contribution is -2.31. The van der Waals surface area contributed by atoms with Crippen LogP contribution in [0.3, 0.4) is 0 Å². The van der Waals surface area contributed by atoms with Crippen molar-refractivity contribution in [3.05, 3.63) is 52.1 Å². The number of hydrogen-bond donors (Lipinski definition) is 1. The number of nitrogens with one attached hydrogen (secondary N) is 1. The van der Waals surface area contributed by atoms with Crippen LogP contribution in [-0.4, -0.2) is 36.8 Å². The molecule has 1 saturated heterocycles. The molecule has 0 spiro atoms. The van der Waals surface area contributed by atoms with Gasteiger partial charge in [0.25, 0.3) is 0 Å². The van der Waals surface area contributed by atoms with Crippen LogP contribution in [-0.2, 0) is 13.1 Å². The number of hydrogen-bond acceptors (Lipinski definition) is 4. The number of imidazole rings is 1. The summed E-state index contributed by atoms with van der Waals surface area (Å²) < 4.78 is 5.36. The average Bonchev–Trinajstić information content (AvgIpc) is 3.18. The van der Waals surface area contributed by atoms with Crippen LogP contribution in [0.25, 0.3) is 5.65 Å². The van der Waals surface area contributed by atoms with Gasteiger partial charge in [-0.1, -0.05) is 6.07 Å². The number of rotatable bonds is 4. The van der Waals surface area contributed by atoms with E-state index >= 15 is 0 Å². The largest absolute Gasteiger partial charge is 0.346 e. The van der Waals surface area contributed by atoms with E-state index in [9.17, 15) is 4.79 Å². The van der Waals surface area contributed by atoms with E-state index in [1.165, 1.54) is 0 Å². The Hall–Kier alpha value is -2.12. The smallest absolute Gasteiger partial charge is 0.316 e. The highest BCUT2D eigenvalue weighted by molar-refractivity contribution is 5.85. The highest BCUT2D eigenvalue weighted by atomic mass is 35.5. The summed E-state index contributed by atoms with van der Waals surface area (Å²) in [6, 6.07) is 4.04. The van der Waals surface area contributed by atoms with Gasteiger partial charge in [-0.15, -0.1) is 12.4 Å². The van der Waals surface area contributed by atoms with Crippen molar-refractivity contribution in [2.24, 2.45) is 0 Å². The molecule has 0 aromatic carbocycles. The molecule has 1 aliphatic heterocycles.